The normalized spacial score (nSPS) is 14.9. The maximum atomic E-state index is 12.8. The highest BCUT2D eigenvalue weighted by Crippen LogP contribution is 2.32. The Bertz CT molecular complexity index is 1390. The van der Waals surface area contributed by atoms with Gasteiger partial charge >= 0.3 is 5.97 Å². The van der Waals surface area contributed by atoms with E-state index in [1.165, 1.54) is 7.11 Å². The van der Waals surface area contributed by atoms with E-state index >= 15 is 0 Å². The molecule has 2 aromatic carbocycles. The highest BCUT2D eigenvalue weighted by Gasteiger charge is 2.29. The molecule has 212 valence electrons. The van der Waals surface area contributed by atoms with Crippen molar-refractivity contribution in [2.24, 2.45) is 5.92 Å². The topological polar surface area (TPSA) is 133 Å². The molecule has 0 radical (unpaired) electrons. The molecule has 11 heteroatoms. The lowest BCUT2D eigenvalue weighted by Crippen LogP contribution is -2.43. The van der Waals surface area contributed by atoms with Crippen molar-refractivity contribution in [3.63, 3.8) is 0 Å². The summed E-state index contributed by atoms with van der Waals surface area (Å²) in [5.41, 5.74) is 1.28. The maximum absolute atomic E-state index is 12.8. The van der Waals surface area contributed by atoms with E-state index in [1.54, 1.807) is 37.1 Å². The van der Waals surface area contributed by atoms with E-state index in [4.69, 9.17) is 18.9 Å². The summed E-state index contributed by atoms with van der Waals surface area (Å²) in [6.07, 6.45) is 1.68. The van der Waals surface area contributed by atoms with E-state index in [9.17, 15) is 14.4 Å². The Balaban J connectivity index is 1.37. The third-order valence-electron chi connectivity index (χ3n) is 6.70. The summed E-state index contributed by atoms with van der Waals surface area (Å²) in [5, 5.41) is 8.26. The number of rotatable bonds is 11. The van der Waals surface area contributed by atoms with Gasteiger partial charge in [-0.05, 0) is 55.7 Å². The fourth-order valence-corrected chi connectivity index (χ4v) is 4.55. The third-order valence-corrected chi connectivity index (χ3v) is 6.70. The Morgan fingerprint density at radius 2 is 1.93 bits per heavy atom. The van der Waals surface area contributed by atoms with Crippen molar-refractivity contribution < 1.29 is 28.5 Å². The number of hydrogen-bond donors (Lipinski definition) is 1. The van der Waals surface area contributed by atoms with E-state index in [0.717, 1.165) is 17.7 Å². The van der Waals surface area contributed by atoms with Crippen LogP contribution in [0.15, 0.2) is 47.3 Å². The van der Waals surface area contributed by atoms with E-state index in [1.807, 2.05) is 24.3 Å². The average molecular weight is 551 g/mol. The van der Waals surface area contributed by atoms with Crippen molar-refractivity contribution in [3.05, 3.63) is 64.1 Å². The van der Waals surface area contributed by atoms with Crippen LogP contribution in [-0.4, -0.2) is 65.9 Å². The van der Waals surface area contributed by atoms with Gasteiger partial charge in [-0.1, -0.05) is 12.1 Å². The van der Waals surface area contributed by atoms with Gasteiger partial charge in [0.2, 0.25) is 5.91 Å². The molecule has 1 amide bonds. The molecule has 0 unspecified atom stereocenters. The molecule has 1 fully saturated rings. The fourth-order valence-electron chi connectivity index (χ4n) is 4.55. The van der Waals surface area contributed by atoms with Crippen molar-refractivity contribution >= 4 is 11.9 Å². The summed E-state index contributed by atoms with van der Waals surface area (Å²) in [7, 11) is 3.14. The number of nitrogens with zero attached hydrogens (tertiary/aromatic N) is 3. The Morgan fingerprint density at radius 1 is 1.07 bits per heavy atom. The van der Waals surface area contributed by atoms with Crippen molar-refractivity contribution in [1.29, 1.82) is 0 Å². The van der Waals surface area contributed by atoms with Crippen molar-refractivity contribution in [2.45, 2.75) is 39.2 Å². The Kier molecular flexibility index (Phi) is 9.71. The number of carbonyl (C=O) groups excluding carboxylic acids is 2. The van der Waals surface area contributed by atoms with E-state index in [2.05, 4.69) is 15.2 Å². The Morgan fingerprint density at radius 3 is 2.67 bits per heavy atom. The molecule has 0 spiro atoms. The first-order valence-electron chi connectivity index (χ1n) is 13.3. The van der Waals surface area contributed by atoms with E-state index in [-0.39, 0.29) is 42.2 Å². The van der Waals surface area contributed by atoms with Gasteiger partial charge in [0.1, 0.15) is 18.1 Å². The molecule has 0 saturated carbocycles. The Hall–Kier alpha value is -4.41. The van der Waals surface area contributed by atoms with Gasteiger partial charge in [-0.2, -0.15) is 0 Å². The second kappa shape index (κ2) is 13.6. The first kappa shape index (κ1) is 28.6. The summed E-state index contributed by atoms with van der Waals surface area (Å²) in [6, 6.07) is 12.8. The largest absolute Gasteiger partial charge is 0.497 e. The minimum absolute atomic E-state index is 0.0970. The van der Waals surface area contributed by atoms with Crippen LogP contribution in [0.3, 0.4) is 0 Å². The molecule has 0 aliphatic carbocycles. The zero-order chi connectivity index (χ0) is 28.5. The lowest BCUT2D eigenvalue weighted by Gasteiger charge is -2.31. The second-order valence-electron chi connectivity index (χ2n) is 9.39. The number of amides is 1. The van der Waals surface area contributed by atoms with Gasteiger partial charge in [0.25, 0.3) is 5.56 Å². The lowest BCUT2D eigenvalue weighted by atomic mass is 9.98. The maximum Gasteiger partial charge on any atom is 0.310 e. The van der Waals surface area contributed by atoms with Crippen LogP contribution in [0.2, 0.25) is 0 Å². The quantitative estimate of drug-likeness (QED) is 0.358. The molecule has 40 heavy (non-hydrogen) atoms. The average Bonchev–Trinajstić information content (AvgIpc) is 2.99. The molecule has 3 aromatic rings. The highest BCUT2D eigenvalue weighted by atomic mass is 16.5. The highest BCUT2D eigenvalue weighted by molar-refractivity contribution is 5.78. The molecule has 1 aromatic heterocycles. The van der Waals surface area contributed by atoms with Crippen LogP contribution in [0.4, 0.5) is 0 Å². The number of aromatic amines is 1. The van der Waals surface area contributed by atoms with E-state index in [0.29, 0.717) is 49.8 Å². The number of H-pyrrole nitrogens is 1. The van der Waals surface area contributed by atoms with Gasteiger partial charge in [-0.25, -0.2) is 0 Å². The summed E-state index contributed by atoms with van der Waals surface area (Å²) in [4.78, 5) is 42.0. The molecule has 1 N–H and O–H groups in total. The molecule has 1 aliphatic rings. The molecular weight excluding hydrogens is 516 g/mol. The number of likely N-dealkylation sites (tertiary alicyclic amines) is 1. The number of ether oxygens (including phenoxy) is 4. The number of nitrogens with one attached hydrogen (secondary N) is 1. The first-order chi connectivity index (χ1) is 19.4. The summed E-state index contributed by atoms with van der Waals surface area (Å²) in [6.45, 7) is 3.31. The number of esters is 1. The van der Waals surface area contributed by atoms with Gasteiger partial charge < -0.3 is 28.8 Å². The summed E-state index contributed by atoms with van der Waals surface area (Å²) in [5.74, 6) is 1.30. The number of hydrogen-bond acceptors (Lipinski definition) is 9. The molecular formula is C29H34N4O7. The van der Waals surface area contributed by atoms with Crippen LogP contribution in [-0.2, 0) is 27.4 Å². The zero-order valence-electron chi connectivity index (χ0n) is 23.0. The van der Waals surface area contributed by atoms with E-state index < -0.39 is 5.56 Å². The molecule has 1 saturated heterocycles. The Labute approximate surface area is 232 Å². The number of benzene rings is 2. The van der Waals surface area contributed by atoms with Gasteiger partial charge in [-0.15, -0.1) is 10.2 Å². The fraction of sp³-hybridized carbons (Fsp3) is 0.414. The van der Waals surface area contributed by atoms with Gasteiger partial charge in [0.15, 0.2) is 17.3 Å². The molecule has 0 bridgehead atoms. The monoisotopic (exact) mass is 550 g/mol. The molecule has 4 rings (SSSR count). The minimum Gasteiger partial charge on any atom is -0.497 e. The number of aromatic nitrogens is 3. The van der Waals surface area contributed by atoms with Crippen LogP contribution in [0.1, 0.15) is 37.4 Å². The second-order valence-corrected chi connectivity index (χ2v) is 9.39. The van der Waals surface area contributed by atoms with Gasteiger partial charge in [0.05, 0.1) is 26.7 Å². The molecule has 1 atom stereocenters. The summed E-state index contributed by atoms with van der Waals surface area (Å²) >= 11 is 0. The third kappa shape index (κ3) is 7.16. The molecule has 1 aliphatic heterocycles. The SMILES string of the molecule is CCOC(=O)[C@@H]1CCCN(C(=O)CCc2nnc(-c3ccc(OCc4cccc(OC)c4)c(OC)c3)[nH]c2=O)C1. The predicted octanol–water partition coefficient (Wildman–Crippen LogP) is 3.16. The van der Waals surface area contributed by atoms with Gasteiger partial charge in [0, 0.05) is 31.5 Å². The van der Waals surface area contributed by atoms with Crippen molar-refractivity contribution in [1.82, 2.24) is 20.1 Å². The van der Waals surface area contributed by atoms with Crippen LogP contribution in [0, 0.1) is 5.92 Å². The van der Waals surface area contributed by atoms with Crippen molar-refractivity contribution in [2.75, 3.05) is 33.9 Å². The van der Waals surface area contributed by atoms with Crippen LogP contribution in [0.25, 0.3) is 11.4 Å². The zero-order valence-corrected chi connectivity index (χ0v) is 23.0. The van der Waals surface area contributed by atoms with Crippen LogP contribution in [0.5, 0.6) is 17.2 Å². The van der Waals surface area contributed by atoms with Gasteiger partial charge in [-0.3, -0.25) is 14.4 Å². The van der Waals surface area contributed by atoms with Crippen molar-refractivity contribution in [3.8, 4) is 28.6 Å². The minimum atomic E-state index is -0.418. The van der Waals surface area contributed by atoms with Crippen LogP contribution >= 0.6 is 0 Å². The standard InChI is InChI=1S/C29H34N4O7/c1-4-39-29(36)21-8-6-14-33(17-21)26(34)13-11-23-28(35)30-27(32-31-23)20-10-12-24(25(16-20)38-3)40-18-19-7-5-9-22(15-19)37-2/h5,7,9-10,12,15-16,21H,4,6,8,11,13-14,17-18H2,1-3H3,(H,30,32,35)/t21-/m1/s1. The predicted molar refractivity (Wildman–Crippen MR) is 146 cm³/mol. The lowest BCUT2D eigenvalue weighted by molar-refractivity contribution is -0.151. The number of piperidine rings is 1. The molecule has 11 nitrogen and oxygen atoms in total. The smallest absolute Gasteiger partial charge is 0.310 e. The number of methoxy groups -OCH3 is 2. The van der Waals surface area contributed by atoms with Crippen LogP contribution < -0.4 is 19.8 Å². The summed E-state index contributed by atoms with van der Waals surface area (Å²) < 4.78 is 21.8. The number of aryl methyl sites for hydroxylation is 1. The molecule has 2 heterocycles. The number of carbonyl (C=O) groups is 2. The first-order valence-corrected chi connectivity index (χ1v) is 13.3.